The Morgan fingerprint density at radius 3 is 2.76 bits per heavy atom. The van der Waals surface area contributed by atoms with Gasteiger partial charge in [-0.15, -0.1) is 0 Å². The van der Waals surface area contributed by atoms with Gasteiger partial charge in [-0.1, -0.05) is 23.7 Å². The summed E-state index contributed by atoms with van der Waals surface area (Å²) in [5, 5.41) is 7.45. The second kappa shape index (κ2) is 6.63. The smallest absolute Gasteiger partial charge is 0.275 e. The summed E-state index contributed by atoms with van der Waals surface area (Å²) in [6.07, 6.45) is 0. The van der Waals surface area contributed by atoms with Crippen LogP contribution in [0.15, 0.2) is 24.3 Å². The monoisotopic (exact) mass is 307 g/mol. The van der Waals surface area contributed by atoms with E-state index in [4.69, 9.17) is 16.3 Å². The minimum Gasteiger partial charge on any atom is -0.492 e. The lowest BCUT2D eigenvalue weighted by molar-refractivity contribution is 0.101. The number of nitrogens with zero attached hydrogens (tertiary/aromatic N) is 2. The van der Waals surface area contributed by atoms with Crippen molar-refractivity contribution in [2.75, 3.05) is 11.9 Å². The molecule has 1 aromatic carbocycles. The highest BCUT2D eigenvalue weighted by molar-refractivity contribution is 6.34. The summed E-state index contributed by atoms with van der Waals surface area (Å²) < 4.78 is 7.09. The molecule has 1 N–H and O–H groups in total. The molecule has 0 spiro atoms. The van der Waals surface area contributed by atoms with Gasteiger partial charge in [0.25, 0.3) is 5.91 Å². The molecular formula is C15H18ClN3O2. The lowest BCUT2D eigenvalue weighted by atomic mass is 10.2. The average Bonchev–Trinajstić information content (AvgIpc) is 2.76. The number of hydrogen-bond donors (Lipinski definition) is 1. The first kappa shape index (κ1) is 15.4. The molecule has 0 unspecified atom stereocenters. The summed E-state index contributed by atoms with van der Waals surface area (Å²) in [6.45, 7) is 6.68. The van der Waals surface area contributed by atoms with Crippen molar-refractivity contribution in [3.05, 3.63) is 40.7 Å². The Balaban J connectivity index is 2.31. The van der Waals surface area contributed by atoms with Crippen LogP contribution in [-0.2, 0) is 6.54 Å². The zero-order valence-corrected chi connectivity index (χ0v) is 13.1. The van der Waals surface area contributed by atoms with Crippen LogP contribution in [0.2, 0.25) is 5.02 Å². The Kier molecular flexibility index (Phi) is 4.85. The molecule has 1 aromatic heterocycles. The van der Waals surface area contributed by atoms with Gasteiger partial charge in [0.1, 0.15) is 11.4 Å². The fraction of sp³-hybridized carbons (Fsp3) is 0.333. The van der Waals surface area contributed by atoms with E-state index in [1.54, 1.807) is 17.7 Å². The van der Waals surface area contributed by atoms with Crippen LogP contribution in [-0.4, -0.2) is 22.3 Å². The van der Waals surface area contributed by atoms with Gasteiger partial charge in [-0.2, -0.15) is 5.10 Å². The average molecular weight is 308 g/mol. The summed E-state index contributed by atoms with van der Waals surface area (Å²) in [5.74, 6) is 0.332. The molecule has 0 fully saturated rings. The Labute approximate surface area is 128 Å². The van der Waals surface area contributed by atoms with Crippen molar-refractivity contribution in [1.29, 1.82) is 0 Å². The van der Waals surface area contributed by atoms with Gasteiger partial charge in [-0.3, -0.25) is 9.48 Å². The van der Waals surface area contributed by atoms with E-state index in [1.165, 1.54) is 0 Å². The van der Waals surface area contributed by atoms with Crippen LogP contribution in [0.3, 0.4) is 0 Å². The van der Waals surface area contributed by atoms with E-state index in [1.807, 2.05) is 32.0 Å². The summed E-state index contributed by atoms with van der Waals surface area (Å²) in [5.41, 5.74) is 1.62. The Hall–Kier alpha value is -2.01. The molecule has 2 rings (SSSR count). The van der Waals surface area contributed by atoms with Gasteiger partial charge in [0, 0.05) is 6.54 Å². The molecule has 0 aliphatic rings. The van der Waals surface area contributed by atoms with E-state index in [9.17, 15) is 4.79 Å². The summed E-state index contributed by atoms with van der Waals surface area (Å²) in [7, 11) is 0. The minimum atomic E-state index is -0.297. The second-order valence-electron chi connectivity index (χ2n) is 4.45. The number of nitrogens with one attached hydrogen (secondary N) is 1. The molecule has 0 aliphatic carbocycles. The standard InChI is InChI=1S/C15H18ClN3O2/c1-4-19-14(13(16)10(3)18-19)15(20)17-11-8-6-7-9-12(11)21-5-2/h6-9H,4-5H2,1-3H3,(H,17,20). The van der Waals surface area contributed by atoms with Crippen LogP contribution in [0.4, 0.5) is 5.69 Å². The molecule has 6 heteroatoms. The maximum absolute atomic E-state index is 12.5. The van der Waals surface area contributed by atoms with Gasteiger partial charge in [0.15, 0.2) is 0 Å². The maximum Gasteiger partial charge on any atom is 0.275 e. The van der Waals surface area contributed by atoms with Crippen LogP contribution in [0.25, 0.3) is 0 Å². The van der Waals surface area contributed by atoms with Crippen LogP contribution in [0.5, 0.6) is 5.75 Å². The van der Waals surface area contributed by atoms with Crippen LogP contribution in [0.1, 0.15) is 30.0 Å². The molecule has 0 saturated carbocycles. The van der Waals surface area contributed by atoms with E-state index in [0.29, 0.717) is 41.0 Å². The minimum absolute atomic E-state index is 0.297. The molecule has 1 amide bonds. The molecule has 0 saturated heterocycles. The number of halogens is 1. The third-order valence-electron chi connectivity index (χ3n) is 3.00. The number of aromatic nitrogens is 2. The fourth-order valence-corrected chi connectivity index (χ4v) is 2.26. The summed E-state index contributed by atoms with van der Waals surface area (Å²) >= 11 is 6.18. The molecule has 5 nitrogen and oxygen atoms in total. The van der Waals surface area contributed by atoms with E-state index in [0.717, 1.165) is 0 Å². The first-order valence-corrected chi connectivity index (χ1v) is 7.22. The van der Waals surface area contributed by atoms with Crippen LogP contribution in [0, 0.1) is 6.92 Å². The van der Waals surface area contributed by atoms with Crippen LogP contribution >= 0.6 is 11.6 Å². The second-order valence-corrected chi connectivity index (χ2v) is 4.83. The van der Waals surface area contributed by atoms with E-state index < -0.39 is 0 Å². The van der Waals surface area contributed by atoms with Crippen molar-refractivity contribution < 1.29 is 9.53 Å². The molecule has 0 atom stereocenters. The molecule has 0 aliphatic heterocycles. The largest absolute Gasteiger partial charge is 0.492 e. The lowest BCUT2D eigenvalue weighted by Crippen LogP contribution is -2.18. The van der Waals surface area contributed by atoms with Gasteiger partial charge in [0.2, 0.25) is 0 Å². The van der Waals surface area contributed by atoms with Crippen molar-refractivity contribution in [2.24, 2.45) is 0 Å². The normalized spacial score (nSPS) is 10.5. The SMILES string of the molecule is CCOc1ccccc1NC(=O)c1c(Cl)c(C)nn1CC. The summed E-state index contributed by atoms with van der Waals surface area (Å²) in [4.78, 5) is 12.5. The highest BCUT2D eigenvalue weighted by Gasteiger charge is 2.20. The van der Waals surface area contributed by atoms with Crippen LogP contribution < -0.4 is 10.1 Å². The van der Waals surface area contributed by atoms with E-state index in [-0.39, 0.29) is 5.91 Å². The topological polar surface area (TPSA) is 56.1 Å². The van der Waals surface area contributed by atoms with Crippen molar-refractivity contribution in [3.63, 3.8) is 0 Å². The van der Waals surface area contributed by atoms with Gasteiger partial charge >= 0.3 is 0 Å². The molecule has 1 heterocycles. The van der Waals surface area contributed by atoms with Gasteiger partial charge < -0.3 is 10.1 Å². The molecule has 0 bridgehead atoms. The molecule has 112 valence electrons. The first-order valence-electron chi connectivity index (χ1n) is 6.84. The highest BCUT2D eigenvalue weighted by atomic mass is 35.5. The Bertz CT molecular complexity index is 652. The van der Waals surface area contributed by atoms with E-state index in [2.05, 4.69) is 10.4 Å². The molecule has 21 heavy (non-hydrogen) atoms. The van der Waals surface area contributed by atoms with E-state index >= 15 is 0 Å². The van der Waals surface area contributed by atoms with Gasteiger partial charge in [-0.25, -0.2) is 0 Å². The Morgan fingerprint density at radius 2 is 2.10 bits per heavy atom. The molecule has 0 radical (unpaired) electrons. The predicted molar refractivity (Wildman–Crippen MR) is 83.2 cm³/mol. The zero-order valence-electron chi connectivity index (χ0n) is 12.3. The predicted octanol–water partition coefficient (Wildman–Crippen LogP) is 3.52. The number of ether oxygens (including phenoxy) is 1. The molecule has 2 aromatic rings. The third kappa shape index (κ3) is 3.19. The quantitative estimate of drug-likeness (QED) is 0.919. The van der Waals surface area contributed by atoms with Gasteiger partial charge in [0.05, 0.1) is 23.0 Å². The van der Waals surface area contributed by atoms with Crippen molar-refractivity contribution in [3.8, 4) is 5.75 Å². The Morgan fingerprint density at radius 1 is 1.38 bits per heavy atom. The number of aryl methyl sites for hydroxylation is 2. The maximum atomic E-state index is 12.5. The number of para-hydroxylation sites is 2. The van der Waals surface area contributed by atoms with Crippen molar-refractivity contribution >= 4 is 23.2 Å². The number of rotatable bonds is 5. The fourth-order valence-electron chi connectivity index (χ4n) is 2.04. The number of anilines is 1. The molecular weight excluding hydrogens is 290 g/mol. The first-order chi connectivity index (χ1) is 10.1. The number of amides is 1. The number of carbonyl (C=O) groups is 1. The summed E-state index contributed by atoms with van der Waals surface area (Å²) in [6, 6.07) is 7.29. The van der Waals surface area contributed by atoms with Gasteiger partial charge in [-0.05, 0) is 32.9 Å². The number of benzene rings is 1. The third-order valence-corrected chi connectivity index (χ3v) is 3.46. The van der Waals surface area contributed by atoms with Crippen molar-refractivity contribution in [1.82, 2.24) is 9.78 Å². The number of carbonyl (C=O) groups excluding carboxylic acids is 1. The zero-order chi connectivity index (χ0) is 15.4. The number of hydrogen-bond acceptors (Lipinski definition) is 3. The van der Waals surface area contributed by atoms with Crippen molar-refractivity contribution in [2.45, 2.75) is 27.3 Å². The highest BCUT2D eigenvalue weighted by Crippen LogP contribution is 2.26. The lowest BCUT2D eigenvalue weighted by Gasteiger charge is -2.12.